The van der Waals surface area contributed by atoms with Gasteiger partial charge in [0.25, 0.3) is 5.91 Å². The lowest BCUT2D eigenvalue weighted by molar-refractivity contribution is -0.134. The topological polar surface area (TPSA) is 97.0 Å². The van der Waals surface area contributed by atoms with Crippen LogP contribution < -0.4 is 15.4 Å². The van der Waals surface area contributed by atoms with Crippen molar-refractivity contribution in [2.45, 2.75) is 24.9 Å². The third-order valence-electron chi connectivity index (χ3n) is 6.34. The van der Waals surface area contributed by atoms with Crippen LogP contribution in [0.25, 0.3) is 0 Å². The molecule has 1 saturated heterocycles. The molecule has 39 heavy (non-hydrogen) atoms. The molecule has 3 aromatic carbocycles. The number of methoxy groups -OCH3 is 1. The fourth-order valence-corrected chi connectivity index (χ4v) is 4.89. The molecule has 4 amide bonds. The minimum Gasteiger partial charge on any atom is -0.491 e. The highest BCUT2D eigenvalue weighted by atomic mass is 127. The van der Waals surface area contributed by atoms with E-state index in [1.807, 2.05) is 0 Å². The van der Waals surface area contributed by atoms with E-state index in [4.69, 9.17) is 9.47 Å². The SMILES string of the molecule is COCCOc1ccc([C@H]2NC(=O)N(C(C(=O)Nc3c(F)cc(I)cc3F)[C@@H](C)c3ccccc3)C2=O)cc1. The van der Waals surface area contributed by atoms with Crippen LogP contribution in [-0.4, -0.2) is 49.1 Å². The van der Waals surface area contributed by atoms with Gasteiger partial charge in [0.15, 0.2) is 11.6 Å². The van der Waals surface area contributed by atoms with Gasteiger partial charge in [-0.3, -0.25) is 9.59 Å². The van der Waals surface area contributed by atoms with Crippen LogP contribution in [0.4, 0.5) is 19.3 Å². The molecule has 4 rings (SSSR count). The van der Waals surface area contributed by atoms with Crippen LogP contribution in [0.1, 0.15) is 30.0 Å². The molecule has 3 aromatic rings. The minimum absolute atomic E-state index is 0.307. The van der Waals surface area contributed by atoms with Crippen LogP contribution in [0.2, 0.25) is 0 Å². The zero-order valence-electron chi connectivity index (χ0n) is 21.1. The van der Waals surface area contributed by atoms with Crippen LogP contribution in [0.3, 0.4) is 0 Å². The Kier molecular flexibility index (Phi) is 9.12. The summed E-state index contributed by atoms with van der Waals surface area (Å²) in [7, 11) is 1.56. The van der Waals surface area contributed by atoms with Gasteiger partial charge in [0.05, 0.1) is 6.61 Å². The van der Waals surface area contributed by atoms with E-state index in [1.165, 1.54) is 0 Å². The van der Waals surface area contributed by atoms with Gasteiger partial charge < -0.3 is 20.1 Å². The number of nitrogens with one attached hydrogen (secondary N) is 2. The fourth-order valence-electron chi connectivity index (χ4n) is 4.35. The molecule has 1 fully saturated rings. The van der Waals surface area contributed by atoms with E-state index < -0.39 is 53.2 Å². The molecule has 1 heterocycles. The van der Waals surface area contributed by atoms with Gasteiger partial charge in [-0.2, -0.15) is 0 Å². The lowest BCUT2D eigenvalue weighted by Gasteiger charge is -2.30. The second kappa shape index (κ2) is 12.5. The summed E-state index contributed by atoms with van der Waals surface area (Å²) < 4.78 is 39.9. The molecule has 8 nitrogen and oxygen atoms in total. The number of hydrogen-bond donors (Lipinski definition) is 2. The number of urea groups is 1. The number of halogens is 3. The quantitative estimate of drug-likeness (QED) is 0.183. The Hall–Kier alpha value is -3.58. The van der Waals surface area contributed by atoms with Gasteiger partial charge in [0.2, 0.25) is 5.91 Å². The van der Waals surface area contributed by atoms with Crippen molar-refractivity contribution in [3.8, 4) is 5.75 Å². The smallest absolute Gasteiger partial charge is 0.325 e. The Bertz CT molecular complexity index is 1330. The molecule has 1 aliphatic heterocycles. The van der Waals surface area contributed by atoms with Crippen LogP contribution in [-0.2, 0) is 14.3 Å². The molecule has 0 bridgehead atoms. The number of carbonyl (C=O) groups is 3. The highest BCUT2D eigenvalue weighted by molar-refractivity contribution is 14.1. The third kappa shape index (κ3) is 6.36. The van der Waals surface area contributed by atoms with E-state index in [0.717, 1.165) is 17.0 Å². The maximum absolute atomic E-state index is 14.6. The summed E-state index contributed by atoms with van der Waals surface area (Å²) in [5.74, 6) is -3.66. The van der Waals surface area contributed by atoms with Crippen molar-refractivity contribution in [1.82, 2.24) is 10.2 Å². The predicted octanol–water partition coefficient (Wildman–Crippen LogP) is 5.00. The Morgan fingerprint density at radius 2 is 1.69 bits per heavy atom. The van der Waals surface area contributed by atoms with Crippen molar-refractivity contribution < 1.29 is 32.6 Å². The highest BCUT2D eigenvalue weighted by Crippen LogP contribution is 2.32. The first-order chi connectivity index (χ1) is 18.7. The molecule has 204 valence electrons. The monoisotopic (exact) mass is 649 g/mol. The van der Waals surface area contributed by atoms with Crippen molar-refractivity contribution >= 4 is 46.1 Å². The van der Waals surface area contributed by atoms with Gasteiger partial charge in [-0.25, -0.2) is 18.5 Å². The average molecular weight is 649 g/mol. The zero-order valence-corrected chi connectivity index (χ0v) is 23.3. The van der Waals surface area contributed by atoms with E-state index in [9.17, 15) is 23.2 Å². The van der Waals surface area contributed by atoms with Crippen molar-refractivity contribution in [1.29, 1.82) is 0 Å². The second-order valence-electron chi connectivity index (χ2n) is 8.88. The summed E-state index contributed by atoms with van der Waals surface area (Å²) >= 11 is 1.76. The largest absolute Gasteiger partial charge is 0.491 e. The van der Waals surface area contributed by atoms with Crippen molar-refractivity contribution in [2.24, 2.45) is 0 Å². The summed E-state index contributed by atoms with van der Waals surface area (Å²) in [5.41, 5.74) is 0.484. The number of rotatable bonds is 10. The maximum Gasteiger partial charge on any atom is 0.325 e. The Morgan fingerprint density at radius 3 is 2.31 bits per heavy atom. The summed E-state index contributed by atoms with van der Waals surface area (Å²) in [6.07, 6.45) is 0. The standard InChI is InChI=1S/C28H26F2IN3O5/c1-16(17-6-4-3-5-7-17)25(26(35)32-24-21(29)14-19(31)15-22(24)30)34-27(36)23(33-28(34)37)18-8-10-20(11-9-18)39-13-12-38-2/h3-11,14-16,23,25H,12-13H2,1-2H3,(H,32,35)(H,33,37)/t16-,23+,25?/m0/s1. The van der Waals surface area contributed by atoms with Gasteiger partial charge in [0, 0.05) is 16.6 Å². The van der Waals surface area contributed by atoms with Gasteiger partial charge in [0.1, 0.15) is 30.1 Å². The summed E-state index contributed by atoms with van der Waals surface area (Å²) in [4.78, 5) is 41.1. The van der Waals surface area contributed by atoms with E-state index in [0.29, 0.717) is 33.7 Å². The molecular weight excluding hydrogens is 623 g/mol. The van der Waals surface area contributed by atoms with Gasteiger partial charge >= 0.3 is 6.03 Å². The van der Waals surface area contributed by atoms with Gasteiger partial charge in [-0.15, -0.1) is 0 Å². The molecule has 0 spiro atoms. The normalized spacial score (nSPS) is 16.5. The third-order valence-corrected chi connectivity index (χ3v) is 6.96. The molecule has 2 N–H and O–H groups in total. The van der Waals surface area contributed by atoms with E-state index in [-0.39, 0.29) is 0 Å². The molecule has 11 heteroatoms. The molecule has 0 aliphatic carbocycles. The first-order valence-electron chi connectivity index (χ1n) is 12.1. The molecular formula is C28H26F2IN3O5. The number of hydrogen-bond acceptors (Lipinski definition) is 5. The number of ether oxygens (including phenoxy) is 2. The van der Waals surface area contributed by atoms with Crippen molar-refractivity contribution in [3.63, 3.8) is 0 Å². The average Bonchev–Trinajstić information content (AvgIpc) is 3.21. The van der Waals surface area contributed by atoms with Gasteiger partial charge in [-0.05, 0) is 58.0 Å². The molecule has 1 unspecified atom stereocenters. The van der Waals surface area contributed by atoms with Crippen LogP contribution in [0.5, 0.6) is 5.75 Å². The summed E-state index contributed by atoms with van der Waals surface area (Å²) in [6, 6.07) is 14.3. The molecule has 0 aromatic heterocycles. The van der Waals surface area contributed by atoms with E-state index in [1.54, 1.807) is 91.2 Å². The Morgan fingerprint density at radius 1 is 1.05 bits per heavy atom. The van der Waals surface area contributed by atoms with Crippen LogP contribution >= 0.6 is 22.6 Å². The van der Waals surface area contributed by atoms with Crippen molar-refractivity contribution in [2.75, 3.05) is 25.6 Å². The lowest BCUT2D eigenvalue weighted by atomic mass is 9.91. The zero-order chi connectivity index (χ0) is 28.1. The highest BCUT2D eigenvalue weighted by Gasteiger charge is 2.47. The minimum atomic E-state index is -1.40. The summed E-state index contributed by atoms with van der Waals surface area (Å²) in [5, 5.41) is 4.89. The second-order valence-corrected chi connectivity index (χ2v) is 10.1. The first-order valence-corrected chi connectivity index (χ1v) is 13.1. The Balaban J connectivity index is 1.64. The molecule has 1 aliphatic rings. The molecule has 0 saturated carbocycles. The van der Waals surface area contributed by atoms with Crippen molar-refractivity contribution in [3.05, 3.63) is 93.1 Å². The van der Waals surface area contributed by atoms with Gasteiger partial charge in [-0.1, -0.05) is 49.4 Å². The molecule has 3 atom stereocenters. The number of benzene rings is 3. The first kappa shape index (κ1) is 28.4. The van der Waals surface area contributed by atoms with E-state index >= 15 is 0 Å². The number of carbonyl (C=O) groups excluding carboxylic acids is 3. The Labute approximate surface area is 237 Å². The predicted molar refractivity (Wildman–Crippen MR) is 148 cm³/mol. The summed E-state index contributed by atoms with van der Waals surface area (Å²) in [6.45, 7) is 2.42. The molecule has 0 radical (unpaired) electrons. The van der Waals surface area contributed by atoms with Crippen LogP contribution in [0.15, 0.2) is 66.7 Å². The number of amides is 4. The maximum atomic E-state index is 14.6. The lowest BCUT2D eigenvalue weighted by Crippen LogP contribution is -2.50. The van der Waals surface area contributed by atoms with E-state index in [2.05, 4.69) is 10.6 Å². The number of anilines is 1. The fraction of sp³-hybridized carbons (Fsp3) is 0.250. The number of nitrogens with zero attached hydrogens (tertiary/aromatic N) is 1. The van der Waals surface area contributed by atoms with Crippen LogP contribution in [0, 0.1) is 15.2 Å². The number of imide groups is 1.